The number of hydrogen-bond donors (Lipinski definition) is 1. The Morgan fingerprint density at radius 2 is 2.03 bits per heavy atom. The van der Waals surface area contributed by atoms with Crippen molar-refractivity contribution in [3.05, 3.63) is 40.8 Å². The highest BCUT2D eigenvalue weighted by Gasteiger charge is 2.34. The minimum atomic E-state index is -0.266. The van der Waals surface area contributed by atoms with Gasteiger partial charge in [-0.1, -0.05) is 5.11 Å². The summed E-state index contributed by atoms with van der Waals surface area (Å²) in [4.78, 5) is 23.3. The van der Waals surface area contributed by atoms with Gasteiger partial charge in [-0.15, -0.1) is 0 Å². The van der Waals surface area contributed by atoms with Gasteiger partial charge in [-0.2, -0.15) is 4.98 Å². The number of aryl methyl sites for hydroxylation is 1. The Kier molecular flexibility index (Phi) is 6.62. The third-order valence-electron chi connectivity index (χ3n) is 6.29. The molecule has 1 fully saturated rings. The number of azide groups is 1. The molecule has 1 aliphatic heterocycles. The fourth-order valence-electron chi connectivity index (χ4n) is 4.51. The highest BCUT2D eigenvalue weighted by atomic mass is 16.5. The van der Waals surface area contributed by atoms with Crippen molar-refractivity contribution in [1.29, 1.82) is 0 Å². The van der Waals surface area contributed by atoms with Crippen molar-refractivity contribution in [2.24, 2.45) is 5.11 Å². The number of fused-ring (bicyclic) bond motifs is 1. The Bertz CT molecular complexity index is 1160. The molecule has 0 saturated carbocycles. The van der Waals surface area contributed by atoms with Gasteiger partial charge in [-0.3, -0.25) is 0 Å². The fourth-order valence-corrected chi connectivity index (χ4v) is 4.51. The molecule has 1 aliphatic rings. The van der Waals surface area contributed by atoms with E-state index in [1.807, 2.05) is 19.1 Å². The third-order valence-corrected chi connectivity index (χ3v) is 6.29. The second-order valence-corrected chi connectivity index (χ2v) is 8.63. The lowest BCUT2D eigenvalue weighted by Gasteiger charge is -2.40. The normalized spacial score (nSPS) is 15.6. The molecule has 0 radical (unpaired) electrons. The lowest BCUT2D eigenvalue weighted by Crippen LogP contribution is -2.46. The molecule has 33 heavy (non-hydrogen) atoms. The monoisotopic (exact) mass is 450 g/mol. The highest BCUT2D eigenvalue weighted by molar-refractivity contribution is 5.79. The first-order valence-corrected chi connectivity index (χ1v) is 11.2. The van der Waals surface area contributed by atoms with E-state index in [-0.39, 0.29) is 5.60 Å². The van der Waals surface area contributed by atoms with Crippen molar-refractivity contribution in [1.82, 2.24) is 24.5 Å². The molecule has 174 valence electrons. The number of hydrogen-bond acceptors (Lipinski definition) is 8. The van der Waals surface area contributed by atoms with Gasteiger partial charge in [-0.05, 0) is 51.6 Å². The number of anilines is 3. The highest BCUT2D eigenvalue weighted by Crippen LogP contribution is 2.31. The zero-order valence-corrected chi connectivity index (χ0v) is 19.6. The Morgan fingerprint density at radius 1 is 1.24 bits per heavy atom. The molecule has 3 aromatic rings. The number of rotatable bonds is 8. The van der Waals surface area contributed by atoms with Crippen LogP contribution in [0.4, 0.5) is 17.6 Å². The lowest BCUT2D eigenvalue weighted by molar-refractivity contribution is -0.0341. The van der Waals surface area contributed by atoms with Crippen molar-refractivity contribution in [2.45, 2.75) is 51.7 Å². The quantitative estimate of drug-likeness (QED) is 0.303. The summed E-state index contributed by atoms with van der Waals surface area (Å²) in [5.41, 5.74) is 10.2. The predicted molar refractivity (Wildman–Crippen MR) is 128 cm³/mol. The van der Waals surface area contributed by atoms with Gasteiger partial charge in [0, 0.05) is 50.0 Å². The van der Waals surface area contributed by atoms with Crippen LogP contribution in [-0.2, 0) is 4.74 Å². The Morgan fingerprint density at radius 3 is 2.73 bits per heavy atom. The summed E-state index contributed by atoms with van der Waals surface area (Å²) in [6.45, 7) is 8.28. The van der Waals surface area contributed by atoms with Gasteiger partial charge in [0.15, 0.2) is 0 Å². The molecule has 4 heterocycles. The Hall–Kier alpha value is -3.43. The SMILES string of the molecule is COC1(CCN=[N+]=[N-])CCN(c2nccc(Nc3cc4c(cn3)nc(C)n4C(C)C)n2)CC1. The molecule has 4 rings (SSSR count). The summed E-state index contributed by atoms with van der Waals surface area (Å²) in [6, 6.07) is 4.15. The van der Waals surface area contributed by atoms with Crippen LogP contribution in [0, 0.1) is 6.92 Å². The van der Waals surface area contributed by atoms with Gasteiger partial charge in [0.05, 0.1) is 17.3 Å². The van der Waals surface area contributed by atoms with E-state index in [0.29, 0.717) is 36.6 Å². The summed E-state index contributed by atoms with van der Waals surface area (Å²) >= 11 is 0. The average Bonchev–Trinajstić information content (AvgIpc) is 3.15. The van der Waals surface area contributed by atoms with E-state index >= 15 is 0 Å². The van der Waals surface area contributed by atoms with Gasteiger partial charge in [-0.25, -0.2) is 15.0 Å². The number of nitrogens with one attached hydrogen (secondary N) is 1. The summed E-state index contributed by atoms with van der Waals surface area (Å²) in [6.07, 6.45) is 5.90. The topological polar surface area (TPSA) is 130 Å². The van der Waals surface area contributed by atoms with Crippen LogP contribution in [-0.4, -0.2) is 56.8 Å². The molecule has 0 aromatic carbocycles. The first kappa shape index (κ1) is 22.8. The van der Waals surface area contributed by atoms with Crippen LogP contribution in [0.25, 0.3) is 21.5 Å². The number of aromatic nitrogens is 5. The maximum absolute atomic E-state index is 8.54. The van der Waals surface area contributed by atoms with Gasteiger partial charge in [0.2, 0.25) is 5.95 Å². The molecule has 0 bridgehead atoms. The van der Waals surface area contributed by atoms with E-state index < -0.39 is 0 Å². The van der Waals surface area contributed by atoms with Gasteiger partial charge < -0.3 is 19.5 Å². The first-order valence-electron chi connectivity index (χ1n) is 11.2. The summed E-state index contributed by atoms with van der Waals surface area (Å²) in [5, 5.41) is 6.98. The predicted octanol–water partition coefficient (Wildman–Crippen LogP) is 4.54. The van der Waals surface area contributed by atoms with E-state index in [1.54, 1.807) is 19.5 Å². The van der Waals surface area contributed by atoms with E-state index in [1.165, 1.54) is 0 Å². The number of nitrogens with zero attached hydrogens (tertiary/aromatic N) is 9. The van der Waals surface area contributed by atoms with E-state index in [4.69, 9.17) is 15.3 Å². The van der Waals surface area contributed by atoms with Crippen LogP contribution < -0.4 is 10.2 Å². The van der Waals surface area contributed by atoms with Gasteiger partial charge in [0.25, 0.3) is 0 Å². The molecule has 0 unspecified atom stereocenters. The third kappa shape index (κ3) is 4.84. The van der Waals surface area contributed by atoms with E-state index in [9.17, 15) is 0 Å². The molecule has 0 spiro atoms. The molecule has 0 aliphatic carbocycles. The molecule has 3 aromatic heterocycles. The van der Waals surface area contributed by atoms with Crippen LogP contribution >= 0.6 is 0 Å². The number of imidazole rings is 1. The van der Waals surface area contributed by atoms with E-state index in [0.717, 1.165) is 42.8 Å². The zero-order valence-electron chi connectivity index (χ0n) is 19.6. The van der Waals surface area contributed by atoms with Crippen LogP contribution in [0.5, 0.6) is 0 Å². The van der Waals surface area contributed by atoms with Crippen molar-refractivity contribution in [2.75, 3.05) is 37.0 Å². The molecule has 1 N–H and O–H groups in total. The lowest BCUT2D eigenvalue weighted by atomic mass is 9.88. The summed E-state index contributed by atoms with van der Waals surface area (Å²) < 4.78 is 8.00. The number of piperidine rings is 1. The van der Waals surface area contributed by atoms with Crippen LogP contribution in [0.2, 0.25) is 0 Å². The summed E-state index contributed by atoms with van der Waals surface area (Å²) in [7, 11) is 1.73. The zero-order chi connectivity index (χ0) is 23.4. The standard InChI is InChI=1S/C22H30N10O/c1-15(2)32-16(3)27-17-14-25-20(13-18(17)32)28-19-5-9-24-21(29-19)31-11-7-22(33-4,8-12-31)6-10-26-30-23/h5,9,13-15H,6-8,10-12H2,1-4H3,(H,24,25,28,29). The van der Waals surface area contributed by atoms with E-state index in [2.05, 4.69) is 53.6 Å². The summed E-state index contributed by atoms with van der Waals surface area (Å²) in [5.74, 6) is 3.04. The molecule has 1 saturated heterocycles. The molecular weight excluding hydrogens is 420 g/mol. The molecule has 0 amide bonds. The fraction of sp³-hybridized carbons (Fsp3) is 0.545. The van der Waals surface area contributed by atoms with Crippen LogP contribution in [0.1, 0.15) is 45.0 Å². The van der Waals surface area contributed by atoms with Crippen LogP contribution in [0.15, 0.2) is 29.6 Å². The Labute approximate surface area is 192 Å². The molecule has 11 heteroatoms. The second kappa shape index (κ2) is 9.60. The number of pyridine rings is 1. The molecular formula is C22H30N10O. The molecule has 11 nitrogen and oxygen atoms in total. The molecule has 0 atom stereocenters. The van der Waals surface area contributed by atoms with Gasteiger partial charge >= 0.3 is 0 Å². The average molecular weight is 451 g/mol. The van der Waals surface area contributed by atoms with Crippen molar-refractivity contribution in [3.8, 4) is 0 Å². The van der Waals surface area contributed by atoms with Crippen molar-refractivity contribution in [3.63, 3.8) is 0 Å². The smallest absolute Gasteiger partial charge is 0.227 e. The van der Waals surface area contributed by atoms with Crippen molar-refractivity contribution < 1.29 is 4.74 Å². The van der Waals surface area contributed by atoms with Gasteiger partial charge in [0.1, 0.15) is 23.0 Å². The largest absolute Gasteiger partial charge is 0.378 e. The minimum Gasteiger partial charge on any atom is -0.378 e. The van der Waals surface area contributed by atoms with Crippen LogP contribution in [0.3, 0.4) is 0 Å². The second-order valence-electron chi connectivity index (χ2n) is 8.63. The maximum atomic E-state index is 8.54. The minimum absolute atomic E-state index is 0.266. The maximum Gasteiger partial charge on any atom is 0.227 e. The Balaban J connectivity index is 1.48. The number of methoxy groups -OCH3 is 1. The number of ether oxygens (including phenoxy) is 1. The van der Waals surface area contributed by atoms with Crippen molar-refractivity contribution >= 4 is 28.6 Å². The first-order chi connectivity index (χ1) is 15.9.